The number of halogens is 2. The van der Waals surface area contributed by atoms with Crippen LogP contribution in [0, 0.1) is 0 Å². The third-order valence-corrected chi connectivity index (χ3v) is 3.15. The second-order valence-electron chi connectivity index (χ2n) is 3.67. The van der Waals surface area contributed by atoms with Crippen molar-refractivity contribution in [2.24, 2.45) is 0 Å². The van der Waals surface area contributed by atoms with Gasteiger partial charge in [-0.05, 0) is 12.1 Å². The van der Waals surface area contributed by atoms with Crippen LogP contribution in [0.2, 0.25) is 0 Å². The van der Waals surface area contributed by atoms with Crippen molar-refractivity contribution in [3.8, 4) is 0 Å². The van der Waals surface area contributed by atoms with Crippen molar-refractivity contribution in [3.05, 3.63) is 34.3 Å². The maximum Gasteiger partial charge on any atom is 0.179 e. The second-order valence-corrected chi connectivity index (χ2v) is 4.59. The first-order valence-electron chi connectivity index (χ1n) is 5.12. The summed E-state index contributed by atoms with van der Waals surface area (Å²) in [5, 5.41) is 3.21. The third-order valence-electron chi connectivity index (χ3n) is 2.62. The molecule has 2 nitrogen and oxygen atoms in total. The van der Waals surface area contributed by atoms with Gasteiger partial charge >= 0.3 is 0 Å². The van der Waals surface area contributed by atoms with Crippen LogP contribution in [-0.2, 0) is 0 Å². The molecule has 15 heavy (non-hydrogen) atoms. The number of rotatable bonds is 2. The van der Waals surface area contributed by atoms with Gasteiger partial charge in [-0.1, -0.05) is 28.1 Å². The zero-order valence-corrected chi connectivity index (χ0v) is 10.0. The molecule has 1 N–H and O–H groups in total. The summed E-state index contributed by atoms with van der Waals surface area (Å²) >= 11 is 3.34. The Morgan fingerprint density at radius 2 is 1.80 bits per heavy atom. The Kier molecular flexibility index (Phi) is 3.72. The summed E-state index contributed by atoms with van der Waals surface area (Å²) in [7, 11) is 0. The van der Waals surface area contributed by atoms with Gasteiger partial charge in [0.15, 0.2) is 6.30 Å². The zero-order valence-electron chi connectivity index (χ0n) is 8.42. The molecule has 82 valence electrons. The van der Waals surface area contributed by atoms with Crippen LogP contribution >= 0.6 is 15.9 Å². The van der Waals surface area contributed by atoms with E-state index in [2.05, 4.69) is 21.2 Å². The van der Waals surface area contributed by atoms with Crippen molar-refractivity contribution >= 4 is 15.9 Å². The average molecular weight is 273 g/mol. The zero-order chi connectivity index (χ0) is 10.7. The van der Waals surface area contributed by atoms with Crippen LogP contribution in [-0.4, -0.2) is 31.1 Å². The molecule has 1 saturated heterocycles. The largest absolute Gasteiger partial charge is 0.314 e. The second kappa shape index (κ2) is 5.05. The summed E-state index contributed by atoms with van der Waals surface area (Å²) < 4.78 is 15.0. The fraction of sp³-hybridized carbons (Fsp3) is 0.455. The van der Waals surface area contributed by atoms with Gasteiger partial charge in [0.2, 0.25) is 0 Å². The van der Waals surface area contributed by atoms with Gasteiger partial charge in [0, 0.05) is 36.2 Å². The number of nitrogens with one attached hydrogen (secondary N) is 1. The van der Waals surface area contributed by atoms with Crippen LogP contribution in [0.4, 0.5) is 4.39 Å². The van der Waals surface area contributed by atoms with Crippen molar-refractivity contribution in [2.45, 2.75) is 6.30 Å². The van der Waals surface area contributed by atoms with Crippen LogP contribution in [0.3, 0.4) is 0 Å². The molecule has 0 saturated carbocycles. The summed E-state index contributed by atoms with van der Waals surface area (Å²) in [6.07, 6.45) is -0.972. The van der Waals surface area contributed by atoms with Crippen molar-refractivity contribution in [3.63, 3.8) is 0 Å². The lowest BCUT2D eigenvalue weighted by Gasteiger charge is -2.30. The fourth-order valence-corrected chi connectivity index (χ4v) is 2.01. The molecule has 0 spiro atoms. The number of nitrogens with zero attached hydrogens (tertiary/aromatic N) is 1. The van der Waals surface area contributed by atoms with Gasteiger partial charge in [-0.2, -0.15) is 0 Å². The number of hydrogen-bond acceptors (Lipinski definition) is 2. The molecule has 1 heterocycles. The Bertz CT molecular complexity index is 309. The molecule has 2 rings (SSSR count). The number of piperazine rings is 1. The van der Waals surface area contributed by atoms with Gasteiger partial charge in [0.05, 0.1) is 0 Å². The van der Waals surface area contributed by atoms with Crippen molar-refractivity contribution in [1.29, 1.82) is 0 Å². The van der Waals surface area contributed by atoms with E-state index in [1.54, 1.807) is 0 Å². The van der Waals surface area contributed by atoms with E-state index in [-0.39, 0.29) is 0 Å². The molecule has 0 aromatic heterocycles. The van der Waals surface area contributed by atoms with Crippen LogP contribution < -0.4 is 5.32 Å². The minimum absolute atomic E-state index is 0.736. The maximum atomic E-state index is 14.0. The first-order chi connectivity index (χ1) is 7.27. The highest BCUT2D eigenvalue weighted by Gasteiger charge is 2.20. The van der Waals surface area contributed by atoms with E-state index in [1.807, 2.05) is 29.2 Å². The van der Waals surface area contributed by atoms with E-state index in [1.165, 1.54) is 0 Å². The SMILES string of the molecule is FC(c1ccc(Br)cc1)N1CCNCC1. The Morgan fingerprint density at radius 1 is 1.20 bits per heavy atom. The van der Waals surface area contributed by atoms with Crippen molar-refractivity contribution in [2.75, 3.05) is 26.2 Å². The molecule has 1 aromatic carbocycles. The fourth-order valence-electron chi connectivity index (χ4n) is 1.74. The van der Waals surface area contributed by atoms with Crippen LogP contribution in [0.15, 0.2) is 28.7 Å². The van der Waals surface area contributed by atoms with E-state index in [0.717, 1.165) is 36.2 Å². The molecule has 1 atom stereocenters. The third kappa shape index (κ3) is 2.77. The highest BCUT2D eigenvalue weighted by Crippen LogP contribution is 2.23. The van der Waals surface area contributed by atoms with Crippen LogP contribution in [0.5, 0.6) is 0 Å². The summed E-state index contributed by atoms with van der Waals surface area (Å²) in [6.45, 7) is 3.29. The molecule has 1 unspecified atom stereocenters. The van der Waals surface area contributed by atoms with Crippen molar-refractivity contribution in [1.82, 2.24) is 10.2 Å². The predicted molar refractivity (Wildman–Crippen MR) is 62.4 cm³/mol. The Hall–Kier alpha value is -0.450. The molecule has 0 amide bonds. The molecular formula is C11H14BrFN2. The molecule has 1 fully saturated rings. The quantitative estimate of drug-likeness (QED) is 0.832. The Labute approximate surface area is 97.6 Å². The summed E-state index contributed by atoms with van der Waals surface area (Å²) in [5.74, 6) is 0. The van der Waals surface area contributed by atoms with Crippen LogP contribution in [0.1, 0.15) is 11.9 Å². The molecule has 4 heteroatoms. The van der Waals surface area contributed by atoms with Gasteiger partial charge in [-0.25, -0.2) is 4.39 Å². The first-order valence-corrected chi connectivity index (χ1v) is 5.91. The van der Waals surface area contributed by atoms with E-state index in [0.29, 0.717) is 0 Å². The highest BCUT2D eigenvalue weighted by molar-refractivity contribution is 9.10. The predicted octanol–water partition coefficient (Wildman–Crippen LogP) is 2.32. The van der Waals surface area contributed by atoms with Crippen LogP contribution in [0.25, 0.3) is 0 Å². The lowest BCUT2D eigenvalue weighted by Crippen LogP contribution is -2.44. The lowest BCUT2D eigenvalue weighted by molar-refractivity contribution is 0.0699. The molecule has 0 aliphatic carbocycles. The number of alkyl halides is 1. The average Bonchev–Trinajstić information content (AvgIpc) is 2.30. The minimum Gasteiger partial charge on any atom is -0.314 e. The summed E-state index contributed by atoms with van der Waals surface area (Å²) in [6, 6.07) is 7.42. The monoisotopic (exact) mass is 272 g/mol. The summed E-state index contributed by atoms with van der Waals surface area (Å²) in [5.41, 5.74) is 0.736. The Balaban J connectivity index is 2.05. The minimum atomic E-state index is -0.972. The van der Waals surface area contributed by atoms with E-state index >= 15 is 0 Å². The Morgan fingerprint density at radius 3 is 2.40 bits per heavy atom. The van der Waals surface area contributed by atoms with E-state index < -0.39 is 6.30 Å². The number of hydrogen-bond donors (Lipinski definition) is 1. The molecule has 0 bridgehead atoms. The van der Waals surface area contributed by atoms with Gasteiger partial charge in [0.25, 0.3) is 0 Å². The van der Waals surface area contributed by atoms with Gasteiger partial charge < -0.3 is 5.32 Å². The maximum absolute atomic E-state index is 14.0. The normalized spacial score (nSPS) is 20.1. The topological polar surface area (TPSA) is 15.3 Å². The smallest absolute Gasteiger partial charge is 0.179 e. The molecule has 1 aromatic rings. The van der Waals surface area contributed by atoms with E-state index in [4.69, 9.17) is 0 Å². The molecule has 0 radical (unpaired) electrons. The standard InChI is InChI=1S/C11H14BrFN2/c12-10-3-1-9(2-4-10)11(13)15-7-5-14-6-8-15/h1-4,11,14H,5-8H2. The molecule has 1 aliphatic heterocycles. The molecule has 1 aliphatic rings. The molecular weight excluding hydrogens is 259 g/mol. The van der Waals surface area contributed by atoms with Gasteiger partial charge in [-0.15, -0.1) is 0 Å². The van der Waals surface area contributed by atoms with Gasteiger partial charge in [-0.3, -0.25) is 4.90 Å². The van der Waals surface area contributed by atoms with E-state index in [9.17, 15) is 4.39 Å². The van der Waals surface area contributed by atoms with Gasteiger partial charge in [0.1, 0.15) is 0 Å². The van der Waals surface area contributed by atoms with Crippen molar-refractivity contribution < 1.29 is 4.39 Å². The number of benzene rings is 1. The highest BCUT2D eigenvalue weighted by atomic mass is 79.9. The summed E-state index contributed by atoms with van der Waals surface area (Å²) in [4.78, 5) is 1.86. The first kappa shape index (κ1) is 11.0. The lowest BCUT2D eigenvalue weighted by atomic mass is 10.2.